The Bertz CT molecular complexity index is 332. The van der Waals surface area contributed by atoms with Gasteiger partial charge in [0.05, 0.1) is 5.92 Å². The minimum absolute atomic E-state index is 0. The summed E-state index contributed by atoms with van der Waals surface area (Å²) in [5.41, 5.74) is 0. The topological polar surface area (TPSA) is 61.4 Å². The van der Waals surface area contributed by atoms with Gasteiger partial charge in [-0.3, -0.25) is 9.59 Å². The van der Waals surface area contributed by atoms with Crippen LogP contribution in [-0.2, 0) is 9.59 Å². The van der Waals surface area contributed by atoms with E-state index in [0.29, 0.717) is 0 Å². The van der Waals surface area contributed by atoms with Gasteiger partial charge in [-0.25, -0.2) is 0 Å². The van der Waals surface area contributed by atoms with Gasteiger partial charge >= 0.3 is 0 Å². The van der Waals surface area contributed by atoms with E-state index in [1.165, 1.54) is 0 Å². The number of hydrogen-bond acceptors (Lipinski definition) is 3. The van der Waals surface area contributed by atoms with Crippen LogP contribution in [0.5, 0.6) is 0 Å². The Morgan fingerprint density at radius 1 is 1.16 bits per heavy atom. The first kappa shape index (κ1) is 16.2. The van der Waals surface area contributed by atoms with Crippen LogP contribution in [0.15, 0.2) is 0 Å². The van der Waals surface area contributed by atoms with E-state index in [-0.39, 0.29) is 42.1 Å². The van der Waals surface area contributed by atoms with Crippen LogP contribution < -0.4 is 10.6 Å². The van der Waals surface area contributed by atoms with E-state index < -0.39 is 0 Å². The number of nitrogens with zero attached hydrogens (tertiary/aromatic N) is 1. The van der Waals surface area contributed by atoms with Crippen LogP contribution in [0.1, 0.15) is 25.7 Å². The smallest absolute Gasteiger partial charge is 0.225 e. The highest BCUT2D eigenvalue weighted by atomic mass is 35.5. The molecule has 110 valence electrons. The van der Waals surface area contributed by atoms with Crippen molar-refractivity contribution in [2.45, 2.75) is 31.7 Å². The number of amides is 2. The van der Waals surface area contributed by atoms with Crippen molar-refractivity contribution in [3.8, 4) is 0 Å². The molecule has 1 aliphatic carbocycles. The standard InChI is InChI=1S/C13H23N3O2.ClH/c1-16(2)13(18)9-4-3-5-11(6-9)15-12(17)10-7-14-8-10;/h9-11,14H,3-8H2,1-2H3,(H,15,17);1H. The molecule has 0 aromatic carbocycles. The molecular formula is C13H24ClN3O2. The molecule has 0 radical (unpaired) electrons. The van der Waals surface area contributed by atoms with Crippen LogP contribution in [0.2, 0.25) is 0 Å². The predicted octanol–water partition coefficient (Wildman–Crippen LogP) is 0.391. The minimum Gasteiger partial charge on any atom is -0.353 e. The zero-order chi connectivity index (χ0) is 13.1. The van der Waals surface area contributed by atoms with Crippen molar-refractivity contribution in [2.75, 3.05) is 27.2 Å². The van der Waals surface area contributed by atoms with Gasteiger partial charge in [0.25, 0.3) is 0 Å². The van der Waals surface area contributed by atoms with E-state index in [4.69, 9.17) is 0 Å². The molecule has 2 rings (SSSR count). The van der Waals surface area contributed by atoms with E-state index in [1.807, 2.05) is 0 Å². The Kier molecular flexibility index (Phi) is 6.07. The average molecular weight is 290 g/mol. The predicted molar refractivity (Wildman–Crippen MR) is 76.2 cm³/mol. The summed E-state index contributed by atoms with van der Waals surface area (Å²) in [4.78, 5) is 25.4. The molecule has 2 aliphatic rings. The maximum atomic E-state index is 11.9. The molecule has 2 atom stereocenters. The van der Waals surface area contributed by atoms with Gasteiger partial charge < -0.3 is 15.5 Å². The van der Waals surface area contributed by atoms with Crippen LogP contribution in [0.25, 0.3) is 0 Å². The van der Waals surface area contributed by atoms with Crippen LogP contribution >= 0.6 is 12.4 Å². The number of hydrogen-bond donors (Lipinski definition) is 2. The summed E-state index contributed by atoms with van der Waals surface area (Å²) < 4.78 is 0. The third-order valence-electron chi connectivity index (χ3n) is 3.96. The van der Waals surface area contributed by atoms with Gasteiger partial charge in [0.2, 0.25) is 11.8 Å². The second-order valence-electron chi connectivity index (χ2n) is 5.66. The highest BCUT2D eigenvalue weighted by molar-refractivity contribution is 5.85. The van der Waals surface area contributed by atoms with E-state index in [9.17, 15) is 9.59 Å². The molecule has 2 fully saturated rings. The average Bonchev–Trinajstić information content (AvgIpc) is 2.25. The van der Waals surface area contributed by atoms with E-state index in [2.05, 4.69) is 10.6 Å². The largest absolute Gasteiger partial charge is 0.353 e. The van der Waals surface area contributed by atoms with Crippen molar-refractivity contribution < 1.29 is 9.59 Å². The summed E-state index contributed by atoms with van der Waals surface area (Å²) in [6.07, 6.45) is 3.78. The van der Waals surface area contributed by atoms with Gasteiger partial charge in [-0.2, -0.15) is 0 Å². The first-order valence-corrected chi connectivity index (χ1v) is 6.80. The first-order valence-electron chi connectivity index (χ1n) is 6.80. The van der Waals surface area contributed by atoms with Crippen molar-refractivity contribution in [3.63, 3.8) is 0 Å². The summed E-state index contributed by atoms with van der Waals surface area (Å²) in [6, 6.07) is 0.181. The summed E-state index contributed by atoms with van der Waals surface area (Å²) in [7, 11) is 3.59. The molecule has 2 unspecified atom stereocenters. The van der Waals surface area contributed by atoms with Gasteiger partial charge in [-0.05, 0) is 19.3 Å². The van der Waals surface area contributed by atoms with Crippen molar-refractivity contribution in [3.05, 3.63) is 0 Å². The minimum atomic E-state index is 0. The second kappa shape index (κ2) is 7.10. The lowest BCUT2D eigenvalue weighted by molar-refractivity contribution is -0.135. The highest BCUT2D eigenvalue weighted by Gasteiger charge is 2.31. The Balaban J connectivity index is 0.00000180. The molecule has 1 heterocycles. The summed E-state index contributed by atoms with van der Waals surface area (Å²) in [5, 5.41) is 6.19. The molecule has 0 aromatic heterocycles. The number of nitrogens with one attached hydrogen (secondary N) is 2. The molecular weight excluding hydrogens is 266 g/mol. The fourth-order valence-electron chi connectivity index (χ4n) is 2.70. The van der Waals surface area contributed by atoms with Crippen LogP contribution in [0.3, 0.4) is 0 Å². The fraction of sp³-hybridized carbons (Fsp3) is 0.846. The third kappa shape index (κ3) is 4.08. The molecule has 19 heavy (non-hydrogen) atoms. The quantitative estimate of drug-likeness (QED) is 0.790. The van der Waals surface area contributed by atoms with E-state index in [1.54, 1.807) is 19.0 Å². The molecule has 1 saturated heterocycles. The van der Waals surface area contributed by atoms with Gasteiger partial charge in [0.1, 0.15) is 0 Å². The van der Waals surface area contributed by atoms with Crippen LogP contribution in [0.4, 0.5) is 0 Å². The van der Waals surface area contributed by atoms with Crippen LogP contribution in [0, 0.1) is 11.8 Å². The summed E-state index contributed by atoms with van der Waals surface area (Å²) >= 11 is 0. The Hall–Kier alpha value is -0.810. The SMILES string of the molecule is CN(C)C(=O)C1CCCC(NC(=O)C2CNC2)C1.Cl. The molecule has 6 heteroatoms. The molecule has 0 spiro atoms. The molecule has 0 bridgehead atoms. The zero-order valence-corrected chi connectivity index (χ0v) is 12.5. The first-order chi connectivity index (χ1) is 8.58. The molecule has 2 amide bonds. The molecule has 1 saturated carbocycles. The summed E-state index contributed by atoms with van der Waals surface area (Å²) in [5.74, 6) is 0.560. The maximum absolute atomic E-state index is 11.9. The zero-order valence-electron chi connectivity index (χ0n) is 11.6. The lowest BCUT2D eigenvalue weighted by Gasteiger charge is -2.33. The lowest BCUT2D eigenvalue weighted by Crippen LogP contribution is -2.53. The van der Waals surface area contributed by atoms with Crippen molar-refractivity contribution >= 4 is 24.2 Å². The monoisotopic (exact) mass is 289 g/mol. The number of carbonyl (C=O) groups is 2. The van der Waals surface area contributed by atoms with Gasteiger partial charge in [0, 0.05) is 39.1 Å². The van der Waals surface area contributed by atoms with E-state index in [0.717, 1.165) is 38.8 Å². The van der Waals surface area contributed by atoms with Gasteiger partial charge in [-0.1, -0.05) is 6.42 Å². The lowest BCUT2D eigenvalue weighted by atomic mass is 9.84. The normalized spacial score (nSPS) is 26.8. The van der Waals surface area contributed by atoms with Crippen molar-refractivity contribution in [1.29, 1.82) is 0 Å². The second-order valence-corrected chi connectivity index (χ2v) is 5.66. The Labute approximate surface area is 120 Å². The number of rotatable bonds is 3. The fourth-order valence-corrected chi connectivity index (χ4v) is 2.70. The van der Waals surface area contributed by atoms with Crippen molar-refractivity contribution in [1.82, 2.24) is 15.5 Å². The molecule has 0 aromatic rings. The summed E-state index contributed by atoms with van der Waals surface area (Å²) in [6.45, 7) is 1.58. The van der Waals surface area contributed by atoms with Gasteiger partial charge in [-0.15, -0.1) is 12.4 Å². The highest BCUT2D eigenvalue weighted by Crippen LogP contribution is 2.25. The van der Waals surface area contributed by atoms with E-state index >= 15 is 0 Å². The van der Waals surface area contributed by atoms with Crippen LogP contribution in [-0.4, -0.2) is 49.9 Å². The Morgan fingerprint density at radius 2 is 1.84 bits per heavy atom. The molecule has 2 N–H and O–H groups in total. The molecule has 5 nitrogen and oxygen atoms in total. The maximum Gasteiger partial charge on any atom is 0.225 e. The third-order valence-corrected chi connectivity index (χ3v) is 3.96. The Morgan fingerprint density at radius 3 is 2.37 bits per heavy atom. The molecule has 1 aliphatic heterocycles. The number of halogens is 1. The number of carbonyl (C=O) groups excluding carboxylic acids is 2. The van der Waals surface area contributed by atoms with Crippen molar-refractivity contribution in [2.24, 2.45) is 11.8 Å². The van der Waals surface area contributed by atoms with Gasteiger partial charge in [0.15, 0.2) is 0 Å².